The van der Waals surface area contributed by atoms with Crippen molar-refractivity contribution in [3.63, 3.8) is 0 Å². The third-order valence-corrected chi connectivity index (χ3v) is 3.73. The fourth-order valence-electron chi connectivity index (χ4n) is 2.22. The van der Waals surface area contributed by atoms with Gasteiger partial charge in [-0.25, -0.2) is 4.57 Å². The molecule has 0 radical (unpaired) electrons. The van der Waals surface area contributed by atoms with Crippen molar-refractivity contribution in [2.24, 2.45) is 0 Å². The highest BCUT2D eigenvalue weighted by molar-refractivity contribution is 7.46. The number of hydrogen-bond donors (Lipinski definition) is 5. The van der Waals surface area contributed by atoms with Gasteiger partial charge in [0.25, 0.3) is 0 Å². The Hall–Kier alpha value is -3.00. The summed E-state index contributed by atoms with van der Waals surface area (Å²) < 4.78 is 20.7. The zero-order valence-corrected chi connectivity index (χ0v) is 13.2. The molecule has 1 aromatic heterocycles. The van der Waals surface area contributed by atoms with Gasteiger partial charge in [0.15, 0.2) is 17.3 Å². The number of rotatable bonds is 3. The first-order chi connectivity index (χ1) is 11.7. The van der Waals surface area contributed by atoms with Crippen molar-refractivity contribution >= 4 is 18.8 Å². The highest BCUT2D eigenvalue weighted by Crippen LogP contribution is 2.44. The van der Waals surface area contributed by atoms with E-state index in [-0.39, 0.29) is 28.0 Å². The smallest absolute Gasteiger partial charge is 0.508 e. The maximum atomic E-state index is 12.2. The maximum Gasteiger partial charge on any atom is 0.524 e. The molecule has 0 atom stereocenters. The zero-order chi connectivity index (χ0) is 18.4. The molecule has 9 nitrogen and oxygen atoms in total. The van der Waals surface area contributed by atoms with E-state index in [4.69, 9.17) is 14.2 Å². The van der Waals surface area contributed by atoms with E-state index in [0.29, 0.717) is 0 Å². The topological polar surface area (TPSA) is 158 Å². The molecule has 0 unspecified atom stereocenters. The molecule has 3 aromatic rings. The summed E-state index contributed by atoms with van der Waals surface area (Å²) in [6, 6.07) is 6.99. The van der Waals surface area contributed by atoms with Gasteiger partial charge in [-0.3, -0.25) is 14.6 Å². The Bertz CT molecular complexity index is 1080. The van der Waals surface area contributed by atoms with Gasteiger partial charge in [0.2, 0.25) is 11.2 Å². The van der Waals surface area contributed by atoms with Gasteiger partial charge in [0.1, 0.15) is 11.3 Å². The fraction of sp³-hybridized carbons (Fsp3) is 0. The Morgan fingerprint density at radius 3 is 2.40 bits per heavy atom. The first-order valence-corrected chi connectivity index (χ1v) is 8.26. The van der Waals surface area contributed by atoms with Crippen LogP contribution in [0.3, 0.4) is 0 Å². The molecule has 0 aliphatic heterocycles. The summed E-state index contributed by atoms with van der Waals surface area (Å²) in [5.41, 5.74) is -0.758. The van der Waals surface area contributed by atoms with Crippen LogP contribution < -0.4 is 9.95 Å². The van der Waals surface area contributed by atoms with Crippen LogP contribution in [0.1, 0.15) is 0 Å². The third-order valence-electron chi connectivity index (χ3n) is 3.29. The molecule has 0 fully saturated rings. The van der Waals surface area contributed by atoms with Crippen LogP contribution in [0, 0.1) is 0 Å². The van der Waals surface area contributed by atoms with E-state index < -0.39 is 30.5 Å². The van der Waals surface area contributed by atoms with Crippen molar-refractivity contribution in [3.8, 4) is 34.3 Å². The van der Waals surface area contributed by atoms with Crippen LogP contribution >= 0.6 is 7.82 Å². The van der Waals surface area contributed by atoms with Gasteiger partial charge < -0.3 is 24.3 Å². The standard InChI is InChI=1S/C15H11O9P/c16-8-2-3-9-11(6-8)23-15(14(19)13(9)18)7-1-4-10(17)12(5-7)24-25(20,21)22/h1-6,16-17,19H,(H2,20,21,22). The summed E-state index contributed by atoms with van der Waals surface area (Å²) in [6.45, 7) is 0. The SMILES string of the molecule is O=c1c(O)c(-c2ccc(O)c(OP(=O)(O)O)c2)oc2cc(O)ccc12. The lowest BCUT2D eigenvalue weighted by Gasteiger charge is -2.11. The predicted octanol–water partition coefficient (Wildman–Crippen LogP) is 2.05. The van der Waals surface area contributed by atoms with Crippen LogP contribution in [-0.4, -0.2) is 25.1 Å². The molecular weight excluding hydrogens is 355 g/mol. The van der Waals surface area contributed by atoms with Crippen LogP contribution in [0.15, 0.2) is 45.6 Å². The number of hydrogen-bond acceptors (Lipinski definition) is 7. The van der Waals surface area contributed by atoms with Crippen LogP contribution in [-0.2, 0) is 4.57 Å². The molecule has 0 saturated heterocycles. The number of phosphoric acid groups is 1. The van der Waals surface area contributed by atoms with Gasteiger partial charge in [0, 0.05) is 11.6 Å². The average Bonchev–Trinajstić information content (AvgIpc) is 2.51. The minimum atomic E-state index is -4.94. The normalized spacial score (nSPS) is 11.6. The third kappa shape index (κ3) is 3.29. The van der Waals surface area contributed by atoms with E-state index >= 15 is 0 Å². The molecule has 0 aliphatic rings. The molecule has 3 rings (SSSR count). The highest BCUT2D eigenvalue weighted by atomic mass is 31.2. The minimum Gasteiger partial charge on any atom is -0.508 e. The summed E-state index contributed by atoms with van der Waals surface area (Å²) in [6.07, 6.45) is 0. The Labute approximate surface area is 139 Å². The molecule has 0 amide bonds. The molecule has 1 heterocycles. The Balaban J connectivity index is 2.23. The minimum absolute atomic E-state index is 0.0108. The van der Waals surface area contributed by atoms with Crippen molar-refractivity contribution in [1.29, 1.82) is 0 Å². The Morgan fingerprint density at radius 1 is 1.00 bits per heavy atom. The summed E-state index contributed by atoms with van der Waals surface area (Å²) >= 11 is 0. The number of phosphoric ester groups is 1. The second kappa shape index (κ2) is 5.82. The molecule has 25 heavy (non-hydrogen) atoms. The second-order valence-electron chi connectivity index (χ2n) is 5.05. The van der Waals surface area contributed by atoms with Gasteiger partial charge in [0.05, 0.1) is 5.39 Å². The van der Waals surface area contributed by atoms with Gasteiger partial charge in [-0.05, 0) is 30.3 Å². The number of fused-ring (bicyclic) bond motifs is 1. The monoisotopic (exact) mass is 366 g/mol. The number of benzene rings is 2. The first kappa shape index (κ1) is 16.8. The quantitative estimate of drug-likeness (QED) is 0.437. The van der Waals surface area contributed by atoms with Crippen molar-refractivity contribution in [2.45, 2.75) is 0 Å². The summed E-state index contributed by atoms with van der Waals surface area (Å²) in [5.74, 6) is -2.36. The van der Waals surface area contributed by atoms with Crippen molar-refractivity contribution < 1.29 is 38.6 Å². The molecule has 0 bridgehead atoms. The molecule has 10 heteroatoms. The predicted molar refractivity (Wildman–Crippen MR) is 85.6 cm³/mol. The fourth-order valence-corrected chi connectivity index (χ4v) is 2.63. The molecule has 0 aliphatic carbocycles. The van der Waals surface area contributed by atoms with E-state index in [1.54, 1.807) is 0 Å². The molecule has 2 aromatic carbocycles. The van der Waals surface area contributed by atoms with Gasteiger partial charge in [-0.15, -0.1) is 0 Å². The number of aromatic hydroxyl groups is 3. The molecule has 130 valence electrons. The van der Waals surface area contributed by atoms with Crippen LogP contribution in [0.2, 0.25) is 0 Å². The van der Waals surface area contributed by atoms with Crippen LogP contribution in [0.4, 0.5) is 0 Å². The van der Waals surface area contributed by atoms with Crippen molar-refractivity contribution in [2.75, 3.05) is 0 Å². The van der Waals surface area contributed by atoms with Crippen LogP contribution in [0.5, 0.6) is 23.0 Å². The summed E-state index contributed by atoms with van der Waals surface area (Å²) in [7, 11) is -4.94. The largest absolute Gasteiger partial charge is 0.524 e. The lowest BCUT2D eigenvalue weighted by atomic mass is 10.1. The average molecular weight is 366 g/mol. The lowest BCUT2D eigenvalue weighted by Crippen LogP contribution is -2.02. The molecule has 0 saturated carbocycles. The highest BCUT2D eigenvalue weighted by Gasteiger charge is 2.21. The molecule has 5 N–H and O–H groups in total. The van der Waals surface area contributed by atoms with E-state index in [1.807, 2.05) is 0 Å². The Morgan fingerprint density at radius 2 is 1.72 bits per heavy atom. The van der Waals surface area contributed by atoms with E-state index in [0.717, 1.165) is 12.1 Å². The zero-order valence-electron chi connectivity index (χ0n) is 12.3. The summed E-state index contributed by atoms with van der Waals surface area (Å²) in [4.78, 5) is 29.9. The van der Waals surface area contributed by atoms with Gasteiger partial charge >= 0.3 is 7.82 Å². The second-order valence-corrected chi connectivity index (χ2v) is 6.22. The maximum absolute atomic E-state index is 12.2. The molecule has 0 spiro atoms. The lowest BCUT2D eigenvalue weighted by molar-refractivity contribution is 0.278. The molecular formula is C15H11O9P. The number of phenols is 2. The van der Waals surface area contributed by atoms with Gasteiger partial charge in [-0.2, -0.15) is 0 Å². The van der Waals surface area contributed by atoms with Crippen molar-refractivity contribution in [1.82, 2.24) is 0 Å². The van der Waals surface area contributed by atoms with E-state index in [1.165, 1.54) is 24.3 Å². The van der Waals surface area contributed by atoms with Crippen LogP contribution in [0.25, 0.3) is 22.3 Å². The van der Waals surface area contributed by atoms with E-state index in [2.05, 4.69) is 4.52 Å². The van der Waals surface area contributed by atoms with Gasteiger partial charge in [-0.1, -0.05) is 0 Å². The number of phenolic OH excluding ortho intramolecular Hbond substituents is 2. The van der Waals surface area contributed by atoms with E-state index in [9.17, 15) is 24.7 Å². The van der Waals surface area contributed by atoms with Crippen molar-refractivity contribution in [3.05, 3.63) is 46.6 Å². The first-order valence-electron chi connectivity index (χ1n) is 6.73. The summed E-state index contributed by atoms with van der Waals surface area (Å²) in [5, 5.41) is 29.2. The Kier molecular flexibility index (Phi) is 3.92.